The Bertz CT molecular complexity index is 268. The standard InChI is InChI=1S/C8H15N3O2/c1-4-8(2,13-3)7-9-6(5-12)10-11-7/h12H,4-5H2,1-3H3,(H,9,10,11). The smallest absolute Gasteiger partial charge is 0.182 e. The van der Waals surface area contributed by atoms with Gasteiger partial charge in [0.05, 0.1) is 0 Å². The molecule has 1 aromatic heterocycles. The van der Waals surface area contributed by atoms with E-state index >= 15 is 0 Å². The number of methoxy groups -OCH3 is 1. The largest absolute Gasteiger partial charge is 0.388 e. The molecule has 0 aliphatic rings. The van der Waals surface area contributed by atoms with Crippen molar-refractivity contribution in [3.63, 3.8) is 0 Å². The topological polar surface area (TPSA) is 71.0 Å². The summed E-state index contributed by atoms with van der Waals surface area (Å²) in [6.07, 6.45) is 0.784. The summed E-state index contributed by atoms with van der Waals surface area (Å²) in [7, 11) is 1.62. The number of aromatic amines is 1. The first-order valence-electron chi connectivity index (χ1n) is 4.24. The van der Waals surface area contributed by atoms with Crippen LogP contribution in [0.1, 0.15) is 31.9 Å². The van der Waals surface area contributed by atoms with Crippen molar-refractivity contribution in [1.82, 2.24) is 15.2 Å². The predicted molar refractivity (Wildman–Crippen MR) is 47.0 cm³/mol. The van der Waals surface area contributed by atoms with E-state index in [1.807, 2.05) is 13.8 Å². The molecule has 2 N–H and O–H groups in total. The molecule has 0 amide bonds. The molecule has 74 valence electrons. The van der Waals surface area contributed by atoms with Crippen molar-refractivity contribution in [2.24, 2.45) is 0 Å². The summed E-state index contributed by atoms with van der Waals surface area (Å²) in [5.41, 5.74) is -0.468. The molecule has 0 aliphatic carbocycles. The van der Waals surface area contributed by atoms with Crippen molar-refractivity contribution in [1.29, 1.82) is 0 Å². The second-order valence-corrected chi connectivity index (χ2v) is 3.05. The van der Waals surface area contributed by atoms with Crippen LogP contribution in [-0.4, -0.2) is 27.4 Å². The second kappa shape index (κ2) is 3.85. The van der Waals surface area contributed by atoms with Gasteiger partial charge in [0.1, 0.15) is 18.0 Å². The third-order valence-electron chi connectivity index (χ3n) is 2.28. The van der Waals surface area contributed by atoms with E-state index < -0.39 is 5.60 Å². The van der Waals surface area contributed by atoms with Crippen LogP contribution < -0.4 is 0 Å². The molecule has 0 aromatic carbocycles. The summed E-state index contributed by atoms with van der Waals surface area (Å²) < 4.78 is 5.30. The van der Waals surface area contributed by atoms with Gasteiger partial charge in [-0.25, -0.2) is 4.98 Å². The highest BCUT2D eigenvalue weighted by Crippen LogP contribution is 2.24. The van der Waals surface area contributed by atoms with E-state index in [2.05, 4.69) is 15.2 Å². The number of nitrogens with zero attached hydrogens (tertiary/aromatic N) is 2. The maximum atomic E-state index is 8.79. The van der Waals surface area contributed by atoms with E-state index in [1.54, 1.807) is 7.11 Å². The third kappa shape index (κ3) is 1.87. The van der Waals surface area contributed by atoms with Gasteiger partial charge < -0.3 is 9.84 Å². The third-order valence-corrected chi connectivity index (χ3v) is 2.28. The van der Waals surface area contributed by atoms with Gasteiger partial charge in [0.15, 0.2) is 5.82 Å². The van der Waals surface area contributed by atoms with Gasteiger partial charge in [-0.1, -0.05) is 6.92 Å². The van der Waals surface area contributed by atoms with Crippen LogP contribution in [0.15, 0.2) is 0 Å². The molecule has 13 heavy (non-hydrogen) atoms. The number of H-pyrrole nitrogens is 1. The molecule has 0 saturated heterocycles. The fourth-order valence-corrected chi connectivity index (χ4v) is 0.996. The fraction of sp³-hybridized carbons (Fsp3) is 0.750. The van der Waals surface area contributed by atoms with Crippen LogP contribution in [0.2, 0.25) is 0 Å². The molecule has 0 bridgehead atoms. The highest BCUT2D eigenvalue weighted by molar-refractivity contribution is 5.00. The van der Waals surface area contributed by atoms with Crippen molar-refractivity contribution in [3.8, 4) is 0 Å². The minimum absolute atomic E-state index is 0.128. The van der Waals surface area contributed by atoms with E-state index in [9.17, 15) is 0 Å². The number of aliphatic hydroxyl groups excluding tert-OH is 1. The quantitative estimate of drug-likeness (QED) is 0.719. The van der Waals surface area contributed by atoms with E-state index in [0.717, 1.165) is 6.42 Å². The number of aliphatic hydroxyl groups is 1. The van der Waals surface area contributed by atoms with Crippen molar-refractivity contribution < 1.29 is 9.84 Å². The molecular formula is C8H15N3O2. The van der Waals surface area contributed by atoms with Crippen LogP contribution in [-0.2, 0) is 16.9 Å². The summed E-state index contributed by atoms with van der Waals surface area (Å²) in [4.78, 5) is 4.10. The maximum Gasteiger partial charge on any atom is 0.182 e. The van der Waals surface area contributed by atoms with Crippen LogP contribution >= 0.6 is 0 Å². The van der Waals surface area contributed by atoms with Crippen molar-refractivity contribution in [2.75, 3.05) is 7.11 Å². The Morgan fingerprint density at radius 2 is 2.31 bits per heavy atom. The summed E-state index contributed by atoms with van der Waals surface area (Å²) in [5, 5.41) is 15.4. The molecule has 1 rings (SSSR count). The molecule has 5 heteroatoms. The molecule has 1 aromatic rings. The molecule has 1 atom stereocenters. The lowest BCUT2D eigenvalue weighted by Crippen LogP contribution is -2.24. The minimum Gasteiger partial charge on any atom is -0.388 e. The molecular weight excluding hydrogens is 170 g/mol. The number of rotatable bonds is 4. The normalized spacial score (nSPS) is 15.7. The van der Waals surface area contributed by atoms with Gasteiger partial charge in [-0.05, 0) is 13.3 Å². The molecule has 0 aliphatic heterocycles. The predicted octanol–water partition coefficient (Wildman–Crippen LogP) is 0.569. The molecule has 5 nitrogen and oxygen atoms in total. The Morgan fingerprint density at radius 1 is 1.62 bits per heavy atom. The van der Waals surface area contributed by atoms with E-state index in [4.69, 9.17) is 9.84 Å². The van der Waals surface area contributed by atoms with E-state index in [-0.39, 0.29) is 6.61 Å². The molecule has 0 radical (unpaired) electrons. The molecule has 0 saturated carbocycles. The van der Waals surface area contributed by atoms with Crippen molar-refractivity contribution in [3.05, 3.63) is 11.6 Å². The molecule has 0 spiro atoms. The fourth-order valence-electron chi connectivity index (χ4n) is 0.996. The molecule has 1 heterocycles. The van der Waals surface area contributed by atoms with Crippen LogP contribution in [0.5, 0.6) is 0 Å². The number of hydrogen-bond donors (Lipinski definition) is 2. The number of ether oxygens (including phenoxy) is 1. The first-order valence-corrected chi connectivity index (χ1v) is 4.24. The Balaban J connectivity index is 2.91. The van der Waals surface area contributed by atoms with Crippen LogP contribution in [0.4, 0.5) is 0 Å². The van der Waals surface area contributed by atoms with Crippen LogP contribution in [0, 0.1) is 0 Å². The van der Waals surface area contributed by atoms with Gasteiger partial charge in [-0.2, -0.15) is 5.10 Å². The zero-order valence-corrected chi connectivity index (χ0v) is 8.16. The monoisotopic (exact) mass is 185 g/mol. The maximum absolute atomic E-state index is 8.79. The van der Waals surface area contributed by atoms with Gasteiger partial charge in [-0.3, -0.25) is 5.10 Å². The summed E-state index contributed by atoms with van der Waals surface area (Å²) >= 11 is 0. The lowest BCUT2D eigenvalue weighted by atomic mass is 10.0. The Kier molecular flexibility index (Phi) is 3.00. The van der Waals surface area contributed by atoms with Gasteiger partial charge in [-0.15, -0.1) is 0 Å². The van der Waals surface area contributed by atoms with E-state index in [1.165, 1.54) is 0 Å². The highest BCUT2D eigenvalue weighted by Gasteiger charge is 2.28. The van der Waals surface area contributed by atoms with Gasteiger partial charge in [0.2, 0.25) is 0 Å². The number of aromatic nitrogens is 3. The van der Waals surface area contributed by atoms with Gasteiger partial charge in [0, 0.05) is 7.11 Å². The minimum atomic E-state index is -0.468. The van der Waals surface area contributed by atoms with Gasteiger partial charge in [0.25, 0.3) is 0 Å². The van der Waals surface area contributed by atoms with Crippen LogP contribution in [0.3, 0.4) is 0 Å². The molecule has 1 unspecified atom stereocenters. The zero-order chi connectivity index (χ0) is 9.90. The molecule has 0 fully saturated rings. The Morgan fingerprint density at radius 3 is 2.69 bits per heavy atom. The van der Waals surface area contributed by atoms with Gasteiger partial charge >= 0.3 is 0 Å². The van der Waals surface area contributed by atoms with E-state index in [0.29, 0.717) is 11.6 Å². The summed E-state index contributed by atoms with van der Waals surface area (Å²) in [5.74, 6) is 1.05. The lowest BCUT2D eigenvalue weighted by molar-refractivity contribution is -0.00877. The summed E-state index contributed by atoms with van der Waals surface area (Å²) in [6, 6.07) is 0. The number of hydrogen-bond acceptors (Lipinski definition) is 4. The van der Waals surface area contributed by atoms with Crippen LogP contribution in [0.25, 0.3) is 0 Å². The lowest BCUT2D eigenvalue weighted by Gasteiger charge is -2.22. The Labute approximate surface area is 77.1 Å². The SMILES string of the molecule is CCC(C)(OC)c1n[nH]c(CO)n1. The summed E-state index contributed by atoms with van der Waals surface area (Å²) in [6.45, 7) is 3.78. The second-order valence-electron chi connectivity index (χ2n) is 3.05. The average molecular weight is 185 g/mol. The number of nitrogens with one attached hydrogen (secondary N) is 1. The first-order chi connectivity index (χ1) is 6.16. The van der Waals surface area contributed by atoms with Crippen molar-refractivity contribution >= 4 is 0 Å². The highest BCUT2D eigenvalue weighted by atomic mass is 16.5. The van der Waals surface area contributed by atoms with Crippen molar-refractivity contribution in [2.45, 2.75) is 32.5 Å². The Hall–Kier alpha value is -0.940. The zero-order valence-electron chi connectivity index (χ0n) is 8.16. The average Bonchev–Trinajstić information content (AvgIpc) is 2.65. The first kappa shape index (κ1) is 10.1.